The molecule has 1 aromatic rings. The fourth-order valence-electron chi connectivity index (χ4n) is 1.95. The summed E-state index contributed by atoms with van der Waals surface area (Å²) in [6, 6.07) is 7.13. The first-order valence-electron chi connectivity index (χ1n) is 5.96. The van der Waals surface area contributed by atoms with Crippen LogP contribution in [-0.2, 0) is 4.74 Å². The van der Waals surface area contributed by atoms with E-state index in [1.54, 1.807) is 31.4 Å². The van der Waals surface area contributed by atoms with Crippen LogP contribution in [0, 0.1) is 0 Å². The Morgan fingerprint density at radius 2 is 1.89 bits per heavy atom. The lowest BCUT2D eigenvalue weighted by Crippen LogP contribution is -2.40. The third kappa shape index (κ3) is 3.35. The Hall–Kier alpha value is -1.30. The van der Waals surface area contributed by atoms with Gasteiger partial charge in [0.1, 0.15) is 11.5 Å². The third-order valence-electron chi connectivity index (χ3n) is 2.87. The van der Waals surface area contributed by atoms with Gasteiger partial charge in [0.25, 0.3) is 0 Å². The number of ether oxygens (including phenoxy) is 3. The molecular weight excluding hydrogens is 236 g/mol. The highest BCUT2D eigenvalue weighted by molar-refractivity contribution is 5.31. The smallest absolute Gasteiger partial charge is 0.202 e. The Bertz CT molecular complexity index is 364. The monoisotopic (exact) mass is 254 g/mol. The highest BCUT2D eigenvalue weighted by Gasteiger charge is 2.29. The first-order valence-corrected chi connectivity index (χ1v) is 5.96. The van der Waals surface area contributed by atoms with E-state index < -0.39 is 12.4 Å². The van der Waals surface area contributed by atoms with Gasteiger partial charge in [0.05, 0.1) is 25.9 Å². The summed E-state index contributed by atoms with van der Waals surface area (Å²) in [7, 11) is 1.60. The van der Waals surface area contributed by atoms with Crippen molar-refractivity contribution in [3.8, 4) is 11.5 Å². The van der Waals surface area contributed by atoms with Crippen LogP contribution < -0.4 is 9.47 Å². The number of aliphatic hydroxyl groups excluding tert-OH is 2. The summed E-state index contributed by atoms with van der Waals surface area (Å²) in [4.78, 5) is 0. The molecule has 1 heterocycles. The van der Waals surface area contributed by atoms with E-state index in [1.165, 1.54) is 0 Å². The van der Waals surface area contributed by atoms with Crippen LogP contribution in [0.15, 0.2) is 24.3 Å². The van der Waals surface area contributed by atoms with Gasteiger partial charge >= 0.3 is 0 Å². The van der Waals surface area contributed by atoms with Crippen LogP contribution in [0.1, 0.15) is 12.8 Å². The highest BCUT2D eigenvalue weighted by Crippen LogP contribution is 2.24. The Labute approximate surface area is 106 Å². The third-order valence-corrected chi connectivity index (χ3v) is 2.87. The molecule has 1 fully saturated rings. The van der Waals surface area contributed by atoms with E-state index in [1.807, 2.05) is 0 Å². The number of aliphatic hydroxyl groups is 2. The molecule has 2 rings (SSSR count). The number of methoxy groups -OCH3 is 1. The van der Waals surface area contributed by atoms with Crippen LogP contribution >= 0.6 is 0 Å². The standard InChI is InChI=1S/C13H18O5/c1-16-10-2-4-11(5-3-10)17-13-7-9(15)6-12(8-14)18-13/h2-5,9,12-15H,6-8H2,1H3. The molecule has 0 saturated carbocycles. The predicted octanol–water partition coefficient (Wildman–Crippen LogP) is 0.932. The molecule has 1 aliphatic heterocycles. The average molecular weight is 254 g/mol. The zero-order valence-corrected chi connectivity index (χ0v) is 10.3. The summed E-state index contributed by atoms with van der Waals surface area (Å²) in [5, 5.41) is 18.7. The lowest BCUT2D eigenvalue weighted by molar-refractivity contribution is -0.184. The van der Waals surface area contributed by atoms with Crippen LogP contribution in [0.25, 0.3) is 0 Å². The molecule has 100 valence electrons. The van der Waals surface area contributed by atoms with Gasteiger partial charge in [0, 0.05) is 12.8 Å². The van der Waals surface area contributed by atoms with E-state index >= 15 is 0 Å². The average Bonchev–Trinajstić information content (AvgIpc) is 2.39. The highest BCUT2D eigenvalue weighted by atomic mass is 16.7. The summed E-state index contributed by atoms with van der Waals surface area (Å²) in [5.74, 6) is 1.40. The van der Waals surface area contributed by atoms with Crippen molar-refractivity contribution in [3.05, 3.63) is 24.3 Å². The predicted molar refractivity (Wildman–Crippen MR) is 64.6 cm³/mol. The lowest BCUT2D eigenvalue weighted by Gasteiger charge is -2.32. The van der Waals surface area contributed by atoms with E-state index in [9.17, 15) is 5.11 Å². The van der Waals surface area contributed by atoms with Gasteiger partial charge in [0.15, 0.2) is 0 Å². The SMILES string of the molecule is COc1ccc(OC2CC(O)CC(CO)O2)cc1. The molecule has 1 aliphatic rings. The van der Waals surface area contributed by atoms with Crippen molar-refractivity contribution in [1.82, 2.24) is 0 Å². The van der Waals surface area contributed by atoms with Gasteiger partial charge in [-0.05, 0) is 24.3 Å². The first-order chi connectivity index (χ1) is 8.71. The van der Waals surface area contributed by atoms with Crippen LogP contribution in [0.2, 0.25) is 0 Å². The van der Waals surface area contributed by atoms with E-state index in [4.69, 9.17) is 19.3 Å². The minimum Gasteiger partial charge on any atom is -0.497 e. The topological polar surface area (TPSA) is 68.2 Å². The van der Waals surface area contributed by atoms with Gasteiger partial charge in [-0.25, -0.2) is 0 Å². The molecule has 0 aliphatic carbocycles. The quantitative estimate of drug-likeness (QED) is 0.836. The van der Waals surface area contributed by atoms with Crippen LogP contribution in [-0.4, -0.2) is 42.4 Å². The van der Waals surface area contributed by atoms with Gasteiger partial charge in [-0.1, -0.05) is 0 Å². The summed E-state index contributed by atoms with van der Waals surface area (Å²) < 4.78 is 16.2. The molecule has 0 aromatic heterocycles. The van der Waals surface area contributed by atoms with Crippen molar-refractivity contribution >= 4 is 0 Å². The van der Waals surface area contributed by atoms with Crippen molar-refractivity contribution in [3.63, 3.8) is 0 Å². The second-order valence-corrected chi connectivity index (χ2v) is 4.29. The number of hydrogen-bond acceptors (Lipinski definition) is 5. The fraction of sp³-hybridized carbons (Fsp3) is 0.538. The molecule has 5 heteroatoms. The van der Waals surface area contributed by atoms with Gasteiger partial charge in [-0.2, -0.15) is 0 Å². The summed E-state index contributed by atoms with van der Waals surface area (Å²) >= 11 is 0. The van der Waals surface area contributed by atoms with Crippen molar-refractivity contribution in [2.45, 2.75) is 31.3 Å². The Morgan fingerprint density at radius 3 is 2.50 bits per heavy atom. The van der Waals surface area contributed by atoms with E-state index in [0.29, 0.717) is 18.6 Å². The minimum atomic E-state index is -0.528. The van der Waals surface area contributed by atoms with E-state index in [0.717, 1.165) is 5.75 Å². The summed E-state index contributed by atoms with van der Waals surface area (Å²) in [6.07, 6.45) is -0.544. The molecule has 2 N–H and O–H groups in total. The second kappa shape index (κ2) is 6.04. The van der Waals surface area contributed by atoms with Gasteiger partial charge < -0.3 is 24.4 Å². The molecule has 18 heavy (non-hydrogen) atoms. The molecular formula is C13H18O5. The minimum absolute atomic E-state index is 0.112. The Kier molecular flexibility index (Phi) is 4.41. The Balaban J connectivity index is 1.95. The summed E-state index contributed by atoms with van der Waals surface area (Å²) in [6.45, 7) is -0.112. The molecule has 1 saturated heterocycles. The number of hydrogen-bond donors (Lipinski definition) is 2. The largest absolute Gasteiger partial charge is 0.497 e. The molecule has 3 unspecified atom stereocenters. The molecule has 1 aromatic carbocycles. The zero-order chi connectivity index (χ0) is 13.0. The molecule has 3 atom stereocenters. The maximum atomic E-state index is 9.65. The van der Waals surface area contributed by atoms with Crippen molar-refractivity contribution in [2.75, 3.05) is 13.7 Å². The number of rotatable bonds is 4. The van der Waals surface area contributed by atoms with Gasteiger partial charge in [0.2, 0.25) is 6.29 Å². The maximum Gasteiger partial charge on any atom is 0.202 e. The second-order valence-electron chi connectivity index (χ2n) is 4.29. The lowest BCUT2D eigenvalue weighted by atomic mass is 10.1. The van der Waals surface area contributed by atoms with E-state index in [2.05, 4.69) is 0 Å². The van der Waals surface area contributed by atoms with Gasteiger partial charge in [-0.15, -0.1) is 0 Å². The molecule has 5 nitrogen and oxygen atoms in total. The van der Waals surface area contributed by atoms with Crippen LogP contribution in [0.3, 0.4) is 0 Å². The van der Waals surface area contributed by atoms with E-state index in [-0.39, 0.29) is 12.7 Å². The van der Waals surface area contributed by atoms with Crippen molar-refractivity contribution < 1.29 is 24.4 Å². The normalized spacial score (nSPS) is 27.8. The molecule has 0 radical (unpaired) electrons. The molecule has 0 spiro atoms. The van der Waals surface area contributed by atoms with Gasteiger partial charge in [-0.3, -0.25) is 0 Å². The van der Waals surface area contributed by atoms with Crippen molar-refractivity contribution in [2.24, 2.45) is 0 Å². The van der Waals surface area contributed by atoms with Crippen molar-refractivity contribution in [1.29, 1.82) is 0 Å². The fourth-order valence-corrected chi connectivity index (χ4v) is 1.95. The molecule has 0 amide bonds. The van der Waals surface area contributed by atoms with Crippen LogP contribution in [0.4, 0.5) is 0 Å². The maximum absolute atomic E-state index is 9.65. The first kappa shape index (κ1) is 13.1. The Morgan fingerprint density at radius 1 is 1.22 bits per heavy atom. The zero-order valence-electron chi connectivity index (χ0n) is 10.3. The molecule has 0 bridgehead atoms. The number of benzene rings is 1. The summed E-state index contributed by atoms with van der Waals surface area (Å²) in [5.41, 5.74) is 0. The van der Waals surface area contributed by atoms with Crippen LogP contribution in [0.5, 0.6) is 11.5 Å².